The lowest BCUT2D eigenvalue weighted by Crippen LogP contribution is -2.19. The fourth-order valence-corrected chi connectivity index (χ4v) is 3.71. The van der Waals surface area contributed by atoms with Crippen LogP contribution in [0.15, 0.2) is 38.0 Å². The van der Waals surface area contributed by atoms with Gasteiger partial charge in [-0.2, -0.15) is 0 Å². The van der Waals surface area contributed by atoms with E-state index in [9.17, 15) is 0 Å². The van der Waals surface area contributed by atoms with E-state index in [1.165, 1.54) is 11.1 Å². The maximum atomic E-state index is 5.79. The van der Waals surface area contributed by atoms with E-state index in [0.717, 1.165) is 39.9 Å². The molecule has 0 fully saturated rings. The fourth-order valence-electron chi connectivity index (χ4n) is 2.64. The summed E-state index contributed by atoms with van der Waals surface area (Å²) in [5, 5.41) is 3.34. The molecule has 3 rings (SSSR count). The minimum absolute atomic E-state index is 0.186. The Hall–Kier alpha value is -0.780. The molecule has 1 aromatic carbocycles. The monoisotopic (exact) mass is 399 g/mol. The summed E-state index contributed by atoms with van der Waals surface area (Å²) in [4.78, 5) is 0. The molecule has 1 unspecified atom stereocenters. The van der Waals surface area contributed by atoms with Gasteiger partial charge in [0.15, 0.2) is 4.67 Å². The van der Waals surface area contributed by atoms with Crippen molar-refractivity contribution in [1.82, 2.24) is 5.32 Å². The van der Waals surface area contributed by atoms with Gasteiger partial charge in [-0.05, 0) is 58.7 Å². The first-order valence-electron chi connectivity index (χ1n) is 6.53. The third kappa shape index (κ3) is 2.67. The van der Waals surface area contributed by atoms with Gasteiger partial charge in [-0.15, -0.1) is 0 Å². The summed E-state index contributed by atoms with van der Waals surface area (Å²) in [6.45, 7) is 0.776. The number of likely N-dealkylation sites (N-methyl/N-ethyl adjacent to an activating group) is 1. The molecular formula is C15H15Br2NO2. The average Bonchev–Trinajstić information content (AvgIpc) is 3.04. The lowest BCUT2D eigenvalue weighted by molar-refractivity contribution is 0.352. The van der Waals surface area contributed by atoms with E-state index in [1.54, 1.807) is 6.26 Å². The molecule has 3 nitrogen and oxygen atoms in total. The molecule has 0 amide bonds. The van der Waals surface area contributed by atoms with Crippen LogP contribution in [-0.4, -0.2) is 13.7 Å². The quantitative estimate of drug-likeness (QED) is 0.833. The molecule has 1 aliphatic rings. The molecule has 1 aromatic heterocycles. The van der Waals surface area contributed by atoms with E-state index >= 15 is 0 Å². The van der Waals surface area contributed by atoms with Crippen LogP contribution in [-0.2, 0) is 12.8 Å². The molecule has 5 heteroatoms. The summed E-state index contributed by atoms with van der Waals surface area (Å²) >= 11 is 7.04. The Morgan fingerprint density at radius 3 is 2.90 bits per heavy atom. The zero-order chi connectivity index (χ0) is 14.1. The minimum atomic E-state index is 0.186. The van der Waals surface area contributed by atoms with Gasteiger partial charge >= 0.3 is 0 Å². The van der Waals surface area contributed by atoms with Crippen molar-refractivity contribution < 1.29 is 9.15 Å². The van der Waals surface area contributed by atoms with Crippen LogP contribution in [0.5, 0.6) is 5.75 Å². The van der Waals surface area contributed by atoms with Crippen molar-refractivity contribution >= 4 is 31.9 Å². The van der Waals surface area contributed by atoms with Crippen molar-refractivity contribution in [2.45, 2.75) is 18.9 Å². The highest BCUT2D eigenvalue weighted by molar-refractivity contribution is 9.10. The second kappa shape index (κ2) is 5.92. The molecule has 0 radical (unpaired) electrons. The van der Waals surface area contributed by atoms with Gasteiger partial charge in [0.1, 0.15) is 5.75 Å². The molecule has 1 N–H and O–H groups in total. The predicted molar refractivity (Wildman–Crippen MR) is 85.3 cm³/mol. The number of halogens is 2. The highest BCUT2D eigenvalue weighted by Crippen LogP contribution is 2.36. The Kier molecular flexibility index (Phi) is 4.19. The van der Waals surface area contributed by atoms with Crippen LogP contribution in [0.4, 0.5) is 0 Å². The zero-order valence-electron chi connectivity index (χ0n) is 11.1. The van der Waals surface area contributed by atoms with Crippen LogP contribution in [0, 0.1) is 0 Å². The molecule has 20 heavy (non-hydrogen) atoms. The summed E-state index contributed by atoms with van der Waals surface area (Å²) in [5.74, 6) is 1.05. The minimum Gasteiger partial charge on any atom is -0.493 e. The van der Waals surface area contributed by atoms with Crippen molar-refractivity contribution in [3.05, 3.63) is 50.3 Å². The second-order valence-electron chi connectivity index (χ2n) is 4.85. The molecule has 1 atom stereocenters. The van der Waals surface area contributed by atoms with Gasteiger partial charge in [-0.3, -0.25) is 0 Å². The first kappa shape index (κ1) is 14.2. The molecule has 0 saturated carbocycles. The summed E-state index contributed by atoms with van der Waals surface area (Å²) in [6.07, 6.45) is 3.55. The first-order valence-corrected chi connectivity index (χ1v) is 8.12. The SMILES string of the molecule is CNC(Cc1cc(Br)cc2c1OCC2)c1ccoc1Br. The highest BCUT2D eigenvalue weighted by atomic mass is 79.9. The molecule has 2 aromatic rings. The number of rotatable bonds is 4. The Labute approximate surface area is 135 Å². The Balaban J connectivity index is 1.92. The van der Waals surface area contributed by atoms with Crippen LogP contribution in [0.3, 0.4) is 0 Å². The van der Waals surface area contributed by atoms with Crippen molar-refractivity contribution in [3.63, 3.8) is 0 Å². The first-order chi connectivity index (χ1) is 9.69. The molecule has 106 valence electrons. The fraction of sp³-hybridized carbons (Fsp3) is 0.333. The second-order valence-corrected chi connectivity index (χ2v) is 6.48. The number of hydrogen-bond donors (Lipinski definition) is 1. The molecule has 0 bridgehead atoms. The van der Waals surface area contributed by atoms with E-state index < -0.39 is 0 Å². The smallest absolute Gasteiger partial charge is 0.173 e. The van der Waals surface area contributed by atoms with Crippen LogP contribution in [0.2, 0.25) is 0 Å². The van der Waals surface area contributed by atoms with Crippen molar-refractivity contribution in [2.24, 2.45) is 0 Å². The van der Waals surface area contributed by atoms with Gasteiger partial charge in [0, 0.05) is 22.5 Å². The molecule has 1 aliphatic heterocycles. The van der Waals surface area contributed by atoms with Gasteiger partial charge in [0.25, 0.3) is 0 Å². The van der Waals surface area contributed by atoms with Gasteiger partial charge in [0.2, 0.25) is 0 Å². The lowest BCUT2D eigenvalue weighted by Gasteiger charge is -2.17. The largest absolute Gasteiger partial charge is 0.493 e. The maximum Gasteiger partial charge on any atom is 0.173 e. The van der Waals surface area contributed by atoms with Crippen LogP contribution >= 0.6 is 31.9 Å². The van der Waals surface area contributed by atoms with E-state index in [0.29, 0.717) is 0 Å². The number of hydrogen-bond acceptors (Lipinski definition) is 3. The number of ether oxygens (including phenoxy) is 1. The summed E-state index contributed by atoms with van der Waals surface area (Å²) in [5.41, 5.74) is 3.63. The summed E-state index contributed by atoms with van der Waals surface area (Å²) in [6, 6.07) is 6.46. The molecule has 0 spiro atoms. The van der Waals surface area contributed by atoms with Crippen LogP contribution in [0.1, 0.15) is 22.7 Å². The topological polar surface area (TPSA) is 34.4 Å². The lowest BCUT2D eigenvalue weighted by atomic mass is 9.98. The normalized spacial score (nSPS) is 14.9. The number of furan rings is 1. The van der Waals surface area contributed by atoms with Gasteiger partial charge in [-0.1, -0.05) is 15.9 Å². The van der Waals surface area contributed by atoms with E-state index in [1.807, 2.05) is 13.1 Å². The number of fused-ring (bicyclic) bond motifs is 1. The van der Waals surface area contributed by atoms with Crippen molar-refractivity contribution in [1.29, 1.82) is 0 Å². The van der Waals surface area contributed by atoms with Crippen molar-refractivity contribution in [2.75, 3.05) is 13.7 Å². The number of nitrogens with one attached hydrogen (secondary N) is 1. The summed E-state index contributed by atoms with van der Waals surface area (Å²) < 4.78 is 13.0. The zero-order valence-corrected chi connectivity index (χ0v) is 14.3. The van der Waals surface area contributed by atoms with Crippen LogP contribution in [0.25, 0.3) is 0 Å². The van der Waals surface area contributed by atoms with Crippen molar-refractivity contribution in [3.8, 4) is 5.75 Å². The molecule has 2 heterocycles. The van der Waals surface area contributed by atoms with Gasteiger partial charge < -0.3 is 14.5 Å². The van der Waals surface area contributed by atoms with Gasteiger partial charge in [0.05, 0.1) is 12.9 Å². The maximum absolute atomic E-state index is 5.79. The van der Waals surface area contributed by atoms with E-state index in [-0.39, 0.29) is 6.04 Å². The van der Waals surface area contributed by atoms with Gasteiger partial charge in [-0.25, -0.2) is 0 Å². The Morgan fingerprint density at radius 2 is 2.20 bits per heavy atom. The summed E-state index contributed by atoms with van der Waals surface area (Å²) in [7, 11) is 1.96. The Morgan fingerprint density at radius 1 is 1.35 bits per heavy atom. The van der Waals surface area contributed by atoms with Crippen LogP contribution < -0.4 is 10.1 Å². The highest BCUT2D eigenvalue weighted by Gasteiger charge is 2.22. The third-order valence-corrected chi connectivity index (χ3v) is 4.72. The number of benzene rings is 1. The molecule has 0 saturated heterocycles. The Bertz CT molecular complexity index is 624. The molecule has 0 aliphatic carbocycles. The van der Waals surface area contributed by atoms with E-state index in [2.05, 4.69) is 49.3 Å². The van der Waals surface area contributed by atoms with E-state index in [4.69, 9.17) is 9.15 Å². The third-order valence-electron chi connectivity index (χ3n) is 3.62. The average molecular weight is 401 g/mol. The predicted octanol–water partition coefficient (Wildman–Crippen LogP) is 4.24. The standard InChI is InChI=1S/C15H15Br2NO2/c1-18-13(12-3-5-20-15(12)17)8-10-7-11(16)6-9-2-4-19-14(9)10/h3,5-7,13,18H,2,4,8H2,1H3. The molecular weight excluding hydrogens is 386 g/mol.